The number of nitrogen functional groups attached to an aromatic ring is 1. The molecule has 1 heterocycles. The van der Waals surface area contributed by atoms with Crippen LogP contribution in [0.4, 0.5) is 5.82 Å². The van der Waals surface area contributed by atoms with Crippen LogP contribution in [0.1, 0.15) is 20.8 Å². The van der Waals surface area contributed by atoms with E-state index in [2.05, 4.69) is 43.3 Å². The molecule has 6 heteroatoms. The molecule has 0 unspecified atom stereocenters. The lowest BCUT2D eigenvalue weighted by atomic mass is 10.3. The molecule has 0 aliphatic heterocycles. The van der Waals surface area contributed by atoms with Crippen LogP contribution in [0.15, 0.2) is 12.4 Å². The van der Waals surface area contributed by atoms with Crippen LogP contribution in [0, 0.1) is 0 Å². The van der Waals surface area contributed by atoms with Crippen LogP contribution >= 0.6 is 10.3 Å². The molecule has 1 aromatic heterocycles. The Labute approximate surface area is 111 Å². The van der Waals surface area contributed by atoms with Crippen LogP contribution in [0.25, 0.3) is 0 Å². The van der Waals surface area contributed by atoms with E-state index in [-0.39, 0.29) is 4.75 Å². The Balaban J connectivity index is 2.33. The van der Waals surface area contributed by atoms with Gasteiger partial charge in [0.25, 0.3) is 0 Å². The highest BCUT2D eigenvalue weighted by Gasteiger charge is 2.28. The summed E-state index contributed by atoms with van der Waals surface area (Å²) in [5.74, 6) is 0.855. The van der Waals surface area contributed by atoms with Crippen LogP contribution in [0.3, 0.4) is 0 Å². The maximum Gasteiger partial charge on any atom is 0.232 e. The van der Waals surface area contributed by atoms with Gasteiger partial charge in [0.2, 0.25) is 5.88 Å². The predicted molar refractivity (Wildman–Crippen MR) is 77.1 cm³/mol. The minimum Gasteiger partial charge on any atom is -0.474 e. The zero-order valence-electron chi connectivity index (χ0n) is 11.8. The van der Waals surface area contributed by atoms with Gasteiger partial charge in [0.05, 0.1) is 19.0 Å². The molecule has 0 atom stereocenters. The van der Waals surface area contributed by atoms with Crippen LogP contribution in [-0.2, 0) is 4.18 Å². The minimum atomic E-state index is -1.09. The minimum absolute atomic E-state index is 0.161. The van der Waals surface area contributed by atoms with Gasteiger partial charge in [-0.1, -0.05) is 20.8 Å². The lowest BCUT2D eigenvalue weighted by molar-refractivity contribution is 0.224. The number of rotatable bonds is 5. The van der Waals surface area contributed by atoms with E-state index in [1.54, 1.807) is 0 Å². The average molecular weight is 273 g/mol. The second kappa shape index (κ2) is 5.75. The number of nitrogens with two attached hydrogens (primary N) is 1. The van der Waals surface area contributed by atoms with Gasteiger partial charge in [-0.3, -0.25) is 0 Å². The summed E-state index contributed by atoms with van der Waals surface area (Å²) < 4.78 is 11.5. The van der Waals surface area contributed by atoms with Crippen molar-refractivity contribution in [1.29, 1.82) is 0 Å². The summed E-state index contributed by atoms with van der Waals surface area (Å²) in [6, 6.07) is 0. The molecule has 5 nitrogen and oxygen atoms in total. The number of aromatic nitrogens is 2. The Morgan fingerprint density at radius 3 is 2.33 bits per heavy atom. The molecule has 1 rings (SSSR count). The summed E-state index contributed by atoms with van der Waals surface area (Å²) in [6.45, 7) is 7.58. The van der Waals surface area contributed by atoms with E-state index in [9.17, 15) is 0 Å². The van der Waals surface area contributed by atoms with E-state index in [1.807, 2.05) is 0 Å². The van der Waals surface area contributed by atoms with Crippen molar-refractivity contribution in [3.8, 4) is 5.88 Å². The summed E-state index contributed by atoms with van der Waals surface area (Å²) in [6.07, 6.45) is 7.31. The lowest BCUT2D eigenvalue weighted by Crippen LogP contribution is -2.26. The highest BCUT2D eigenvalue weighted by molar-refractivity contribution is 8.29. The Morgan fingerprint density at radius 2 is 1.83 bits per heavy atom. The van der Waals surface area contributed by atoms with E-state index in [1.165, 1.54) is 12.4 Å². The average Bonchev–Trinajstić information content (AvgIpc) is 2.25. The SMILES string of the molecule is CC(C)(C)S(C)(C)OCCOc1cnc(N)cn1. The van der Waals surface area contributed by atoms with Gasteiger partial charge < -0.3 is 14.7 Å². The zero-order chi connectivity index (χ0) is 13.8. The molecular formula is C12H23N3O2S. The van der Waals surface area contributed by atoms with Gasteiger partial charge in [-0.05, 0) is 12.5 Å². The Hall–Kier alpha value is -1.01. The second-order valence-corrected chi connectivity index (χ2v) is 9.22. The molecule has 0 radical (unpaired) electrons. The first-order valence-electron chi connectivity index (χ1n) is 5.80. The van der Waals surface area contributed by atoms with Crippen molar-refractivity contribution in [3.63, 3.8) is 0 Å². The van der Waals surface area contributed by atoms with Gasteiger partial charge in [0.1, 0.15) is 12.4 Å². The summed E-state index contributed by atoms with van der Waals surface area (Å²) >= 11 is 0. The van der Waals surface area contributed by atoms with Gasteiger partial charge >= 0.3 is 0 Å². The van der Waals surface area contributed by atoms with E-state index in [0.717, 1.165) is 0 Å². The second-order valence-electron chi connectivity index (χ2n) is 5.30. The van der Waals surface area contributed by atoms with E-state index in [4.69, 9.17) is 14.7 Å². The summed E-state index contributed by atoms with van der Waals surface area (Å²) in [7, 11) is -1.09. The number of hydrogen-bond donors (Lipinski definition) is 1. The Bertz CT molecular complexity index is 374. The quantitative estimate of drug-likeness (QED) is 0.833. The number of anilines is 1. The molecule has 0 fully saturated rings. The number of ether oxygens (including phenoxy) is 1. The molecule has 1 aromatic rings. The Morgan fingerprint density at radius 1 is 1.17 bits per heavy atom. The van der Waals surface area contributed by atoms with Crippen molar-refractivity contribution in [1.82, 2.24) is 9.97 Å². The maximum atomic E-state index is 5.92. The van der Waals surface area contributed by atoms with Gasteiger partial charge in [0.15, 0.2) is 0 Å². The monoisotopic (exact) mass is 273 g/mol. The molecule has 104 valence electrons. The first-order chi connectivity index (χ1) is 8.22. The molecule has 0 saturated heterocycles. The van der Waals surface area contributed by atoms with Crippen LogP contribution in [0.5, 0.6) is 5.88 Å². The third kappa shape index (κ3) is 4.34. The van der Waals surface area contributed by atoms with Crippen LogP contribution < -0.4 is 10.5 Å². The maximum absolute atomic E-state index is 5.92. The molecule has 18 heavy (non-hydrogen) atoms. The zero-order valence-corrected chi connectivity index (χ0v) is 12.6. The molecule has 0 spiro atoms. The molecule has 2 N–H and O–H groups in total. The fourth-order valence-corrected chi connectivity index (χ4v) is 1.80. The number of hydrogen-bond acceptors (Lipinski definition) is 5. The van der Waals surface area contributed by atoms with Gasteiger partial charge in [0, 0.05) is 4.75 Å². The highest BCUT2D eigenvalue weighted by Crippen LogP contribution is 2.53. The number of nitrogens with zero attached hydrogens (tertiary/aromatic N) is 2. The molecular weight excluding hydrogens is 250 g/mol. The van der Waals surface area contributed by atoms with Crippen molar-refractivity contribution >= 4 is 16.1 Å². The van der Waals surface area contributed by atoms with Gasteiger partial charge in [-0.2, -0.15) is 0 Å². The van der Waals surface area contributed by atoms with Gasteiger partial charge in [-0.15, -0.1) is 10.3 Å². The van der Waals surface area contributed by atoms with Crippen molar-refractivity contribution in [2.24, 2.45) is 0 Å². The first-order valence-corrected chi connectivity index (χ1v) is 8.17. The van der Waals surface area contributed by atoms with E-state index >= 15 is 0 Å². The third-order valence-corrected chi connectivity index (χ3v) is 6.54. The van der Waals surface area contributed by atoms with Crippen molar-refractivity contribution < 1.29 is 8.92 Å². The van der Waals surface area contributed by atoms with Crippen molar-refractivity contribution in [3.05, 3.63) is 12.4 Å². The third-order valence-electron chi connectivity index (χ3n) is 2.83. The highest BCUT2D eigenvalue weighted by atomic mass is 32.3. The standard InChI is InChI=1S/C12H23N3O2S/c1-12(2,3)18(4,5)17-7-6-16-11-9-14-10(13)8-15-11/h8-9H,6-7H2,1-5H3,(H2,13,14). The normalized spacial score (nSPS) is 13.4. The predicted octanol–water partition coefficient (Wildman–Crippen LogP) is 2.23. The van der Waals surface area contributed by atoms with Crippen LogP contribution in [0.2, 0.25) is 0 Å². The molecule has 0 aliphatic rings. The van der Waals surface area contributed by atoms with E-state index in [0.29, 0.717) is 24.9 Å². The molecule has 0 aliphatic carbocycles. The molecule has 0 amide bonds. The van der Waals surface area contributed by atoms with Crippen molar-refractivity contribution in [2.45, 2.75) is 25.5 Å². The van der Waals surface area contributed by atoms with Crippen LogP contribution in [-0.4, -0.2) is 40.4 Å². The largest absolute Gasteiger partial charge is 0.474 e. The topological polar surface area (TPSA) is 70.3 Å². The fraction of sp³-hybridized carbons (Fsp3) is 0.667. The van der Waals surface area contributed by atoms with Gasteiger partial charge in [-0.25, -0.2) is 9.97 Å². The van der Waals surface area contributed by atoms with Crippen molar-refractivity contribution in [2.75, 3.05) is 31.5 Å². The first kappa shape index (κ1) is 15.0. The molecule has 0 saturated carbocycles. The lowest BCUT2D eigenvalue weighted by Gasteiger charge is -2.43. The molecule has 0 bridgehead atoms. The molecule has 0 aromatic carbocycles. The Kier molecular flexibility index (Phi) is 4.81. The summed E-state index contributed by atoms with van der Waals surface area (Å²) in [5, 5.41) is 0. The smallest absolute Gasteiger partial charge is 0.232 e. The summed E-state index contributed by atoms with van der Waals surface area (Å²) in [5.41, 5.74) is 5.44. The summed E-state index contributed by atoms with van der Waals surface area (Å²) in [4.78, 5) is 7.90. The van der Waals surface area contributed by atoms with E-state index < -0.39 is 10.3 Å². The fourth-order valence-electron chi connectivity index (χ4n) is 0.966.